The van der Waals surface area contributed by atoms with Crippen molar-refractivity contribution in [3.05, 3.63) is 35.9 Å². The zero-order valence-electron chi connectivity index (χ0n) is 9.93. The maximum Gasteiger partial charge on any atom is 0.333 e. The van der Waals surface area contributed by atoms with Crippen molar-refractivity contribution < 1.29 is 9.63 Å². The van der Waals surface area contributed by atoms with E-state index in [-0.39, 0.29) is 12.4 Å². The first-order valence-electron chi connectivity index (χ1n) is 5.68. The molecule has 0 saturated carbocycles. The van der Waals surface area contributed by atoms with E-state index in [9.17, 15) is 4.79 Å². The van der Waals surface area contributed by atoms with Crippen LogP contribution in [0.2, 0.25) is 0 Å². The SMILES string of the molecule is CCC(=O)ON(C#N)CCCc1ccccc1. The maximum absolute atomic E-state index is 11.0. The van der Waals surface area contributed by atoms with Gasteiger partial charge in [-0.3, -0.25) is 0 Å². The zero-order valence-corrected chi connectivity index (χ0v) is 9.93. The minimum absolute atomic E-state index is 0.275. The van der Waals surface area contributed by atoms with Crippen molar-refractivity contribution in [2.45, 2.75) is 26.2 Å². The Morgan fingerprint density at radius 2 is 2.12 bits per heavy atom. The van der Waals surface area contributed by atoms with Crippen molar-refractivity contribution in [2.75, 3.05) is 6.54 Å². The van der Waals surface area contributed by atoms with Crippen LogP contribution in [0.3, 0.4) is 0 Å². The number of hydroxylamine groups is 2. The predicted molar refractivity (Wildman–Crippen MR) is 63.5 cm³/mol. The molecule has 0 spiro atoms. The number of nitriles is 1. The average molecular weight is 232 g/mol. The van der Waals surface area contributed by atoms with Crippen LogP contribution in [0.4, 0.5) is 0 Å². The van der Waals surface area contributed by atoms with Crippen LogP contribution in [-0.2, 0) is 16.1 Å². The molecule has 0 aliphatic carbocycles. The summed E-state index contributed by atoms with van der Waals surface area (Å²) in [6.07, 6.45) is 3.75. The molecule has 0 saturated heterocycles. The van der Waals surface area contributed by atoms with Gasteiger partial charge in [0, 0.05) is 6.42 Å². The van der Waals surface area contributed by atoms with Crippen LogP contribution in [0.15, 0.2) is 30.3 Å². The fraction of sp³-hybridized carbons (Fsp3) is 0.385. The van der Waals surface area contributed by atoms with E-state index in [1.165, 1.54) is 5.56 Å². The minimum atomic E-state index is -0.383. The summed E-state index contributed by atoms with van der Waals surface area (Å²) < 4.78 is 0. The number of nitrogens with zero attached hydrogens (tertiary/aromatic N) is 2. The molecular weight excluding hydrogens is 216 g/mol. The van der Waals surface area contributed by atoms with E-state index < -0.39 is 0 Å². The van der Waals surface area contributed by atoms with Crippen molar-refractivity contribution in [1.29, 1.82) is 5.26 Å². The van der Waals surface area contributed by atoms with Gasteiger partial charge in [0.2, 0.25) is 6.19 Å². The van der Waals surface area contributed by atoms with Gasteiger partial charge in [0.25, 0.3) is 0 Å². The van der Waals surface area contributed by atoms with E-state index in [4.69, 9.17) is 10.1 Å². The average Bonchev–Trinajstić information content (AvgIpc) is 2.38. The van der Waals surface area contributed by atoms with E-state index in [0.717, 1.165) is 17.9 Å². The summed E-state index contributed by atoms with van der Waals surface area (Å²) in [4.78, 5) is 15.8. The van der Waals surface area contributed by atoms with Crippen LogP contribution in [-0.4, -0.2) is 17.6 Å². The van der Waals surface area contributed by atoms with Gasteiger partial charge in [0.05, 0.1) is 6.54 Å². The fourth-order valence-electron chi connectivity index (χ4n) is 1.37. The Labute approximate surface area is 101 Å². The molecule has 0 aliphatic heterocycles. The first-order valence-corrected chi connectivity index (χ1v) is 5.68. The standard InChI is InChI=1S/C13H16N2O2/c1-2-13(16)17-15(11-14)10-6-9-12-7-4-3-5-8-12/h3-5,7-8H,2,6,9-10H2,1H3. The van der Waals surface area contributed by atoms with Gasteiger partial charge in [-0.2, -0.15) is 5.26 Å². The molecule has 0 aromatic heterocycles. The number of carbonyl (C=O) groups excluding carboxylic acids is 1. The molecule has 0 aliphatic rings. The molecule has 17 heavy (non-hydrogen) atoms. The summed E-state index contributed by atoms with van der Waals surface area (Å²) in [7, 11) is 0. The highest BCUT2D eigenvalue weighted by Gasteiger charge is 2.07. The predicted octanol–water partition coefficient (Wildman–Crippen LogP) is 2.27. The normalized spacial score (nSPS) is 9.41. The Kier molecular flexibility index (Phi) is 5.59. The Hall–Kier alpha value is -2.02. The zero-order chi connectivity index (χ0) is 12.5. The molecule has 4 nitrogen and oxygen atoms in total. The summed E-state index contributed by atoms with van der Waals surface area (Å²) in [5.74, 6) is -0.383. The largest absolute Gasteiger partial charge is 0.333 e. The lowest BCUT2D eigenvalue weighted by molar-refractivity contribution is -0.175. The maximum atomic E-state index is 11.0. The van der Waals surface area contributed by atoms with Crippen molar-refractivity contribution in [3.63, 3.8) is 0 Å². The van der Waals surface area contributed by atoms with Crippen molar-refractivity contribution in [1.82, 2.24) is 5.06 Å². The molecule has 1 rings (SSSR count). The molecule has 0 atom stereocenters. The second kappa shape index (κ2) is 7.29. The molecule has 0 radical (unpaired) electrons. The Morgan fingerprint density at radius 3 is 2.71 bits per heavy atom. The molecule has 1 aromatic carbocycles. The summed E-state index contributed by atoms with van der Waals surface area (Å²) >= 11 is 0. The highest BCUT2D eigenvalue weighted by molar-refractivity contribution is 5.68. The third-order valence-electron chi connectivity index (χ3n) is 2.28. The monoisotopic (exact) mass is 232 g/mol. The van der Waals surface area contributed by atoms with Crippen LogP contribution in [0.5, 0.6) is 0 Å². The molecule has 0 bridgehead atoms. The Morgan fingerprint density at radius 1 is 1.41 bits per heavy atom. The Balaban J connectivity index is 2.29. The van der Waals surface area contributed by atoms with Gasteiger partial charge in [-0.1, -0.05) is 37.3 Å². The minimum Gasteiger partial charge on any atom is -0.331 e. The number of aryl methyl sites for hydroxylation is 1. The lowest BCUT2D eigenvalue weighted by atomic mass is 10.1. The first kappa shape index (κ1) is 13.0. The molecule has 1 aromatic rings. The van der Waals surface area contributed by atoms with Gasteiger partial charge < -0.3 is 4.84 Å². The second-order valence-electron chi connectivity index (χ2n) is 3.61. The van der Waals surface area contributed by atoms with Crippen molar-refractivity contribution in [3.8, 4) is 6.19 Å². The van der Waals surface area contributed by atoms with Crippen LogP contribution >= 0.6 is 0 Å². The highest BCUT2D eigenvalue weighted by Crippen LogP contribution is 2.04. The third-order valence-corrected chi connectivity index (χ3v) is 2.28. The van der Waals surface area contributed by atoms with Gasteiger partial charge >= 0.3 is 5.97 Å². The van der Waals surface area contributed by atoms with Crippen molar-refractivity contribution >= 4 is 5.97 Å². The molecule has 0 N–H and O–H groups in total. The smallest absolute Gasteiger partial charge is 0.331 e. The van der Waals surface area contributed by atoms with E-state index >= 15 is 0 Å². The number of hydrogen-bond acceptors (Lipinski definition) is 4. The molecule has 0 fully saturated rings. The van der Waals surface area contributed by atoms with Crippen LogP contribution in [0.1, 0.15) is 25.3 Å². The molecule has 4 heteroatoms. The summed E-state index contributed by atoms with van der Waals surface area (Å²) in [6.45, 7) is 2.12. The molecule has 0 amide bonds. The third kappa shape index (κ3) is 5.03. The first-order chi connectivity index (χ1) is 8.26. The summed E-state index contributed by atoms with van der Waals surface area (Å²) in [5.41, 5.74) is 1.22. The number of benzene rings is 1. The summed E-state index contributed by atoms with van der Waals surface area (Å²) in [5, 5.41) is 9.80. The van der Waals surface area contributed by atoms with E-state index in [1.54, 1.807) is 6.92 Å². The number of rotatable bonds is 6. The molecule has 0 heterocycles. The molecular formula is C13H16N2O2. The van der Waals surface area contributed by atoms with Gasteiger partial charge in [0.15, 0.2) is 0 Å². The van der Waals surface area contributed by atoms with Crippen molar-refractivity contribution in [2.24, 2.45) is 0 Å². The van der Waals surface area contributed by atoms with E-state index in [1.807, 2.05) is 36.5 Å². The van der Waals surface area contributed by atoms with Gasteiger partial charge in [-0.05, 0) is 18.4 Å². The lowest BCUT2D eigenvalue weighted by Crippen LogP contribution is -2.23. The Bertz CT molecular complexity index is 384. The van der Waals surface area contributed by atoms with Gasteiger partial charge in [-0.15, -0.1) is 5.06 Å². The van der Waals surface area contributed by atoms with Crippen LogP contribution < -0.4 is 0 Å². The van der Waals surface area contributed by atoms with Crippen LogP contribution in [0.25, 0.3) is 0 Å². The van der Waals surface area contributed by atoms with E-state index in [2.05, 4.69) is 0 Å². The summed E-state index contributed by atoms with van der Waals surface area (Å²) in [6, 6.07) is 10.0. The molecule has 90 valence electrons. The van der Waals surface area contributed by atoms with Gasteiger partial charge in [0.1, 0.15) is 0 Å². The van der Waals surface area contributed by atoms with Crippen LogP contribution in [0, 0.1) is 11.5 Å². The van der Waals surface area contributed by atoms with E-state index in [0.29, 0.717) is 6.54 Å². The number of carbonyl (C=O) groups is 1. The van der Waals surface area contributed by atoms with Gasteiger partial charge in [-0.25, -0.2) is 4.79 Å². The number of hydrogen-bond donors (Lipinski definition) is 0. The molecule has 0 unspecified atom stereocenters. The quantitative estimate of drug-likeness (QED) is 0.429. The topological polar surface area (TPSA) is 53.3 Å². The fourth-order valence-corrected chi connectivity index (χ4v) is 1.37. The second-order valence-corrected chi connectivity index (χ2v) is 3.61. The highest BCUT2D eigenvalue weighted by atomic mass is 16.7. The lowest BCUT2D eigenvalue weighted by Gasteiger charge is -2.13.